The van der Waals surface area contributed by atoms with Gasteiger partial charge < -0.3 is 15.4 Å². The van der Waals surface area contributed by atoms with Crippen LogP contribution in [0.3, 0.4) is 0 Å². The highest BCUT2D eigenvalue weighted by Crippen LogP contribution is 2.31. The maximum absolute atomic E-state index is 13.0. The largest absolute Gasteiger partial charge is 0.444 e. The number of ether oxygens (including phenoxy) is 1. The van der Waals surface area contributed by atoms with Crippen LogP contribution in [0.5, 0.6) is 0 Å². The number of nitrogens with one attached hydrogen (secondary N) is 2. The fraction of sp³-hybridized carbons (Fsp3) is 0.556. The van der Waals surface area contributed by atoms with Crippen LogP contribution >= 0.6 is 0 Å². The molecule has 0 aliphatic rings. The van der Waals surface area contributed by atoms with Crippen molar-refractivity contribution in [2.24, 2.45) is 0 Å². The van der Waals surface area contributed by atoms with Crippen molar-refractivity contribution in [2.75, 3.05) is 6.54 Å². The quantitative estimate of drug-likeness (QED) is 0.734. The van der Waals surface area contributed by atoms with E-state index in [4.69, 9.17) is 4.74 Å². The van der Waals surface area contributed by atoms with E-state index in [-0.39, 0.29) is 5.91 Å². The van der Waals surface area contributed by atoms with Crippen LogP contribution in [0, 0.1) is 0 Å². The summed E-state index contributed by atoms with van der Waals surface area (Å²) in [5, 5.41) is 5.23. The minimum absolute atomic E-state index is 0.194. The molecule has 1 unspecified atom stereocenters. The summed E-state index contributed by atoms with van der Waals surface area (Å²) in [7, 11) is 0. The van der Waals surface area contributed by atoms with E-state index in [1.165, 1.54) is 19.1 Å². The summed E-state index contributed by atoms with van der Waals surface area (Å²) < 4.78 is 44.0. The highest BCUT2D eigenvalue weighted by molar-refractivity contribution is 5.72. The Morgan fingerprint density at radius 1 is 1.19 bits per heavy atom. The molecule has 0 aromatic heterocycles. The normalized spacial score (nSPS) is 13.0. The molecular formula is C18H25F3N2O3. The van der Waals surface area contributed by atoms with Gasteiger partial charge in [0, 0.05) is 13.5 Å². The predicted molar refractivity (Wildman–Crippen MR) is 91.5 cm³/mol. The van der Waals surface area contributed by atoms with E-state index in [0.717, 1.165) is 12.1 Å². The summed E-state index contributed by atoms with van der Waals surface area (Å²) in [4.78, 5) is 23.0. The first-order valence-electron chi connectivity index (χ1n) is 8.29. The molecule has 0 fully saturated rings. The van der Waals surface area contributed by atoms with Crippen molar-refractivity contribution in [3.63, 3.8) is 0 Å². The molecule has 1 atom stereocenters. The topological polar surface area (TPSA) is 67.4 Å². The van der Waals surface area contributed by atoms with Crippen molar-refractivity contribution in [2.45, 2.75) is 58.4 Å². The molecule has 0 bridgehead atoms. The van der Waals surface area contributed by atoms with E-state index < -0.39 is 29.5 Å². The molecule has 0 radical (unpaired) electrons. The number of carbonyl (C=O) groups excluding carboxylic acids is 2. The van der Waals surface area contributed by atoms with Gasteiger partial charge >= 0.3 is 12.3 Å². The highest BCUT2D eigenvalue weighted by Gasteiger charge is 2.31. The second-order valence-electron chi connectivity index (χ2n) is 6.95. The van der Waals surface area contributed by atoms with E-state index >= 15 is 0 Å². The number of halogens is 3. The lowest BCUT2D eigenvalue weighted by atomic mass is 9.99. The van der Waals surface area contributed by atoms with Crippen molar-refractivity contribution in [3.8, 4) is 0 Å². The minimum Gasteiger partial charge on any atom is -0.444 e. The van der Waals surface area contributed by atoms with E-state index in [1.807, 2.05) is 0 Å². The van der Waals surface area contributed by atoms with Crippen molar-refractivity contribution in [1.29, 1.82) is 0 Å². The molecule has 146 valence electrons. The fourth-order valence-corrected chi connectivity index (χ4v) is 2.27. The SMILES string of the molecule is CC(=O)NCCCC(NC(=O)OC(C)(C)C)c1cccc(C(F)(F)F)c1. The molecule has 2 N–H and O–H groups in total. The summed E-state index contributed by atoms with van der Waals surface area (Å²) >= 11 is 0. The first-order valence-corrected chi connectivity index (χ1v) is 8.29. The molecule has 0 aliphatic heterocycles. The Balaban J connectivity index is 2.92. The molecule has 2 amide bonds. The van der Waals surface area contributed by atoms with Crippen LogP contribution in [0.25, 0.3) is 0 Å². The average Bonchev–Trinajstić information content (AvgIpc) is 2.47. The van der Waals surface area contributed by atoms with Crippen molar-refractivity contribution < 1.29 is 27.5 Å². The number of alkyl halides is 3. The van der Waals surface area contributed by atoms with Crippen LogP contribution in [0.4, 0.5) is 18.0 Å². The molecule has 0 saturated heterocycles. The summed E-state index contributed by atoms with van der Waals surface area (Å²) in [6, 6.07) is 4.15. The lowest BCUT2D eigenvalue weighted by Crippen LogP contribution is -2.35. The average molecular weight is 374 g/mol. The predicted octanol–water partition coefficient (Wildman–Crippen LogP) is 4.19. The maximum atomic E-state index is 13.0. The third-order valence-electron chi connectivity index (χ3n) is 3.35. The van der Waals surface area contributed by atoms with Gasteiger partial charge in [0.15, 0.2) is 0 Å². The van der Waals surface area contributed by atoms with E-state index in [1.54, 1.807) is 20.8 Å². The van der Waals surface area contributed by atoms with Crippen molar-refractivity contribution in [3.05, 3.63) is 35.4 Å². The molecule has 1 aromatic carbocycles. The molecule has 1 rings (SSSR count). The van der Waals surface area contributed by atoms with Crippen LogP contribution < -0.4 is 10.6 Å². The molecule has 26 heavy (non-hydrogen) atoms. The van der Waals surface area contributed by atoms with Crippen LogP contribution in [-0.2, 0) is 15.7 Å². The zero-order valence-electron chi connectivity index (χ0n) is 15.4. The number of alkyl carbamates (subject to hydrolysis) is 1. The summed E-state index contributed by atoms with van der Waals surface area (Å²) in [6.45, 7) is 6.83. The number of hydrogen-bond donors (Lipinski definition) is 2. The number of carbonyl (C=O) groups is 2. The zero-order chi connectivity index (χ0) is 20.0. The molecule has 0 heterocycles. The van der Waals surface area contributed by atoms with Crippen molar-refractivity contribution >= 4 is 12.0 Å². The third kappa shape index (κ3) is 8.22. The van der Waals surface area contributed by atoms with Gasteiger partial charge in [-0.3, -0.25) is 4.79 Å². The van der Waals surface area contributed by atoms with Gasteiger partial charge in [-0.2, -0.15) is 13.2 Å². The molecule has 5 nitrogen and oxygen atoms in total. The first-order chi connectivity index (χ1) is 11.9. The second kappa shape index (κ2) is 8.91. The Bertz CT molecular complexity index is 625. The van der Waals surface area contributed by atoms with Crippen LogP contribution in [0.15, 0.2) is 24.3 Å². The van der Waals surface area contributed by atoms with Crippen LogP contribution in [0.1, 0.15) is 57.7 Å². The molecule has 8 heteroatoms. The van der Waals surface area contributed by atoms with Crippen molar-refractivity contribution in [1.82, 2.24) is 10.6 Å². The Hall–Kier alpha value is -2.25. The van der Waals surface area contributed by atoms with Crippen LogP contribution in [0.2, 0.25) is 0 Å². The number of benzene rings is 1. The first kappa shape index (κ1) is 21.8. The molecule has 0 saturated carbocycles. The third-order valence-corrected chi connectivity index (χ3v) is 3.35. The van der Waals surface area contributed by atoms with Gasteiger partial charge in [-0.05, 0) is 51.3 Å². The van der Waals surface area contributed by atoms with E-state index in [0.29, 0.717) is 24.9 Å². The Morgan fingerprint density at radius 3 is 2.38 bits per heavy atom. The summed E-state index contributed by atoms with van der Waals surface area (Å²) in [6.07, 6.45) is -4.35. The number of hydrogen-bond acceptors (Lipinski definition) is 3. The zero-order valence-corrected chi connectivity index (χ0v) is 15.4. The van der Waals surface area contributed by atoms with Gasteiger partial charge in [-0.15, -0.1) is 0 Å². The fourth-order valence-electron chi connectivity index (χ4n) is 2.27. The molecule has 1 aromatic rings. The standard InChI is InChI=1S/C18H25F3N2O3/c1-12(24)22-10-6-9-15(23-16(25)26-17(2,3)4)13-7-5-8-14(11-13)18(19,20)21/h5,7-8,11,15H,6,9-10H2,1-4H3,(H,22,24)(H,23,25). The van der Waals surface area contributed by atoms with E-state index in [2.05, 4.69) is 10.6 Å². The van der Waals surface area contributed by atoms with Gasteiger partial charge in [-0.25, -0.2) is 4.79 Å². The van der Waals surface area contributed by atoms with E-state index in [9.17, 15) is 22.8 Å². The highest BCUT2D eigenvalue weighted by atomic mass is 19.4. The lowest BCUT2D eigenvalue weighted by molar-refractivity contribution is -0.137. The second-order valence-corrected chi connectivity index (χ2v) is 6.95. The Kier molecular flexibility index (Phi) is 7.47. The number of amides is 2. The van der Waals surface area contributed by atoms with Crippen LogP contribution in [-0.4, -0.2) is 24.1 Å². The molecular weight excluding hydrogens is 349 g/mol. The number of rotatable bonds is 6. The van der Waals surface area contributed by atoms with Gasteiger partial charge in [0.05, 0.1) is 11.6 Å². The Morgan fingerprint density at radius 2 is 1.85 bits per heavy atom. The summed E-state index contributed by atoms with van der Waals surface area (Å²) in [5.74, 6) is -0.194. The Labute approximate surface area is 151 Å². The monoisotopic (exact) mass is 374 g/mol. The van der Waals surface area contributed by atoms with Gasteiger partial charge in [-0.1, -0.05) is 12.1 Å². The minimum atomic E-state index is -4.47. The summed E-state index contributed by atoms with van der Waals surface area (Å²) in [5.41, 5.74) is -1.18. The smallest absolute Gasteiger partial charge is 0.416 e. The van der Waals surface area contributed by atoms with Gasteiger partial charge in [0.1, 0.15) is 5.60 Å². The molecule has 0 spiro atoms. The molecule has 0 aliphatic carbocycles. The maximum Gasteiger partial charge on any atom is 0.416 e. The van der Waals surface area contributed by atoms with Gasteiger partial charge in [0.25, 0.3) is 0 Å². The lowest BCUT2D eigenvalue weighted by Gasteiger charge is -2.24. The van der Waals surface area contributed by atoms with Gasteiger partial charge in [0.2, 0.25) is 5.91 Å².